The van der Waals surface area contributed by atoms with Crippen LogP contribution in [0.1, 0.15) is 28.6 Å². The predicted molar refractivity (Wildman–Crippen MR) is 90.8 cm³/mol. The van der Waals surface area contributed by atoms with Gasteiger partial charge in [-0.25, -0.2) is 0 Å². The van der Waals surface area contributed by atoms with Crippen molar-refractivity contribution in [3.8, 4) is 0 Å². The Labute approximate surface area is 153 Å². The summed E-state index contributed by atoms with van der Waals surface area (Å²) in [4.78, 5) is 23.9. The molecule has 0 saturated carbocycles. The van der Waals surface area contributed by atoms with E-state index in [1.54, 1.807) is 0 Å². The highest BCUT2D eigenvalue weighted by Gasteiger charge is 2.31. The van der Waals surface area contributed by atoms with Crippen molar-refractivity contribution < 1.29 is 27.2 Å². The number of hydrogen-bond donors (Lipinski definition) is 3. The van der Waals surface area contributed by atoms with Crippen LogP contribution in [0.5, 0.6) is 0 Å². The molecule has 0 aliphatic rings. The molecule has 0 fully saturated rings. The second kappa shape index (κ2) is 8.72. The molecule has 4 N–H and O–H groups in total. The zero-order valence-electron chi connectivity index (χ0n) is 13.6. The smallest absolute Gasteiger partial charge is 0.416 e. The molecule has 1 aromatic heterocycles. The van der Waals surface area contributed by atoms with Crippen molar-refractivity contribution in [3.63, 3.8) is 0 Å². The van der Waals surface area contributed by atoms with Crippen LogP contribution >= 0.6 is 12.4 Å². The van der Waals surface area contributed by atoms with Gasteiger partial charge < -0.3 is 20.8 Å². The van der Waals surface area contributed by atoms with Crippen LogP contribution in [0, 0.1) is 0 Å². The Hall–Kier alpha value is -2.52. The molecule has 0 aliphatic carbocycles. The lowest BCUT2D eigenvalue weighted by atomic mass is 10.1. The van der Waals surface area contributed by atoms with Gasteiger partial charge in [-0.2, -0.15) is 13.2 Å². The van der Waals surface area contributed by atoms with Crippen molar-refractivity contribution in [2.24, 2.45) is 5.73 Å². The first-order chi connectivity index (χ1) is 11.7. The van der Waals surface area contributed by atoms with Crippen LogP contribution in [0.15, 0.2) is 41.0 Å². The minimum atomic E-state index is -4.57. The molecule has 1 aromatic carbocycles. The third-order valence-corrected chi connectivity index (χ3v) is 3.31. The van der Waals surface area contributed by atoms with Gasteiger partial charge in [-0.05, 0) is 42.8 Å². The number of nitrogens with two attached hydrogens (primary N) is 1. The molecule has 142 valence electrons. The zero-order chi connectivity index (χ0) is 18.6. The highest BCUT2D eigenvalue weighted by atomic mass is 35.5. The van der Waals surface area contributed by atoms with E-state index in [-0.39, 0.29) is 36.0 Å². The van der Waals surface area contributed by atoms with Gasteiger partial charge in [-0.15, -0.1) is 12.4 Å². The largest absolute Gasteiger partial charge is 0.459 e. The minimum absolute atomic E-state index is 0. The number of benzene rings is 1. The fraction of sp³-hybridized carbons (Fsp3) is 0.250. The average Bonchev–Trinajstić information content (AvgIpc) is 3.08. The molecule has 6 nitrogen and oxygen atoms in total. The number of nitrogens with one attached hydrogen (secondary N) is 2. The van der Waals surface area contributed by atoms with Crippen molar-refractivity contribution in [3.05, 3.63) is 53.5 Å². The van der Waals surface area contributed by atoms with Crippen molar-refractivity contribution >= 4 is 29.9 Å². The summed E-state index contributed by atoms with van der Waals surface area (Å²) in [5, 5.41) is 4.72. The van der Waals surface area contributed by atoms with Gasteiger partial charge in [0.25, 0.3) is 5.91 Å². The SMILES string of the molecule is CC(NC(=O)c1ccco1)C(=O)Nc1cc(CN)cc(C(F)(F)F)c1.Cl. The third-order valence-electron chi connectivity index (χ3n) is 3.31. The summed E-state index contributed by atoms with van der Waals surface area (Å²) in [7, 11) is 0. The number of carbonyl (C=O) groups excluding carboxylic acids is 2. The quantitative estimate of drug-likeness (QED) is 0.730. The molecule has 1 heterocycles. The number of alkyl halides is 3. The number of anilines is 1. The first kappa shape index (κ1) is 21.5. The number of rotatable bonds is 5. The van der Waals surface area contributed by atoms with Crippen molar-refractivity contribution in [2.45, 2.75) is 25.7 Å². The second-order valence-corrected chi connectivity index (χ2v) is 5.28. The van der Waals surface area contributed by atoms with Crippen LogP contribution in [0.2, 0.25) is 0 Å². The number of hydrogen-bond acceptors (Lipinski definition) is 4. The van der Waals surface area contributed by atoms with Gasteiger partial charge in [0.1, 0.15) is 6.04 Å². The fourth-order valence-corrected chi connectivity index (χ4v) is 2.04. The van der Waals surface area contributed by atoms with E-state index >= 15 is 0 Å². The van der Waals surface area contributed by atoms with E-state index in [9.17, 15) is 22.8 Å². The van der Waals surface area contributed by atoms with E-state index in [1.807, 2.05) is 0 Å². The first-order valence-electron chi connectivity index (χ1n) is 7.27. The first-order valence-corrected chi connectivity index (χ1v) is 7.27. The Kier molecular flexibility index (Phi) is 7.22. The van der Waals surface area contributed by atoms with Crippen molar-refractivity contribution in [2.75, 3.05) is 5.32 Å². The van der Waals surface area contributed by atoms with E-state index in [0.717, 1.165) is 12.1 Å². The number of carbonyl (C=O) groups is 2. The van der Waals surface area contributed by atoms with Gasteiger partial charge in [0, 0.05) is 12.2 Å². The predicted octanol–water partition coefficient (Wildman–Crippen LogP) is 2.94. The molecule has 10 heteroatoms. The van der Waals surface area contributed by atoms with Crippen molar-refractivity contribution in [1.82, 2.24) is 5.32 Å². The molecule has 1 unspecified atom stereocenters. The normalized spacial score (nSPS) is 12.0. The highest BCUT2D eigenvalue weighted by Crippen LogP contribution is 2.32. The highest BCUT2D eigenvalue weighted by molar-refractivity contribution is 5.99. The van der Waals surface area contributed by atoms with Gasteiger partial charge in [0.15, 0.2) is 5.76 Å². The summed E-state index contributed by atoms with van der Waals surface area (Å²) in [6, 6.07) is 4.99. The van der Waals surface area contributed by atoms with Crippen LogP contribution in [0.25, 0.3) is 0 Å². The lowest BCUT2D eigenvalue weighted by Gasteiger charge is -2.16. The van der Waals surface area contributed by atoms with Gasteiger partial charge in [-0.1, -0.05) is 0 Å². The molecule has 1 atom stereocenters. The van der Waals surface area contributed by atoms with Crippen LogP contribution < -0.4 is 16.4 Å². The maximum absolute atomic E-state index is 12.9. The third kappa shape index (κ3) is 5.50. The molecule has 0 bridgehead atoms. The minimum Gasteiger partial charge on any atom is -0.459 e. The van der Waals surface area contributed by atoms with Crippen LogP contribution in [-0.4, -0.2) is 17.9 Å². The molecule has 2 rings (SSSR count). The molecule has 0 spiro atoms. The molecule has 2 aromatic rings. The molecular weight excluding hydrogens is 375 g/mol. The Morgan fingerprint density at radius 2 is 1.96 bits per heavy atom. The number of halogens is 4. The van der Waals surface area contributed by atoms with E-state index < -0.39 is 29.6 Å². The summed E-state index contributed by atoms with van der Waals surface area (Å²) in [5.41, 5.74) is 4.64. The maximum atomic E-state index is 12.9. The van der Waals surface area contributed by atoms with Crippen LogP contribution in [0.3, 0.4) is 0 Å². The van der Waals surface area contributed by atoms with E-state index in [4.69, 9.17) is 10.2 Å². The van der Waals surface area contributed by atoms with Gasteiger partial charge in [0.05, 0.1) is 11.8 Å². The number of furan rings is 1. The summed E-state index contributed by atoms with van der Waals surface area (Å²) in [6.45, 7) is 1.28. The Bertz CT molecular complexity index is 764. The zero-order valence-corrected chi connectivity index (χ0v) is 14.4. The Morgan fingerprint density at radius 1 is 1.27 bits per heavy atom. The summed E-state index contributed by atoms with van der Waals surface area (Å²) >= 11 is 0. The summed E-state index contributed by atoms with van der Waals surface area (Å²) in [5.74, 6) is -1.27. The van der Waals surface area contributed by atoms with E-state index in [1.165, 1.54) is 31.4 Å². The lowest BCUT2D eigenvalue weighted by Crippen LogP contribution is -2.41. The maximum Gasteiger partial charge on any atom is 0.416 e. The average molecular weight is 392 g/mol. The molecule has 2 amide bonds. The lowest BCUT2D eigenvalue weighted by molar-refractivity contribution is -0.137. The van der Waals surface area contributed by atoms with E-state index in [0.29, 0.717) is 0 Å². The summed E-state index contributed by atoms with van der Waals surface area (Å²) < 4.78 is 43.6. The van der Waals surface area contributed by atoms with E-state index in [2.05, 4.69) is 10.6 Å². The fourth-order valence-electron chi connectivity index (χ4n) is 2.04. The molecule has 0 aliphatic heterocycles. The van der Waals surface area contributed by atoms with Gasteiger partial charge in [-0.3, -0.25) is 9.59 Å². The molecule has 26 heavy (non-hydrogen) atoms. The molecular formula is C16H17ClF3N3O3. The Morgan fingerprint density at radius 3 is 2.50 bits per heavy atom. The van der Waals surface area contributed by atoms with Crippen molar-refractivity contribution in [1.29, 1.82) is 0 Å². The van der Waals surface area contributed by atoms with Crippen LogP contribution in [0.4, 0.5) is 18.9 Å². The van der Waals surface area contributed by atoms with Crippen LogP contribution in [-0.2, 0) is 17.5 Å². The standard InChI is InChI=1S/C16H16F3N3O3.ClH/c1-9(21-15(24)13-3-2-4-25-13)14(23)22-12-6-10(8-20)5-11(7-12)16(17,18)19;/h2-7,9H,8,20H2,1H3,(H,21,24)(H,22,23);1H. The van der Waals surface area contributed by atoms with Gasteiger partial charge >= 0.3 is 6.18 Å². The van der Waals surface area contributed by atoms with Gasteiger partial charge in [0.2, 0.25) is 5.91 Å². The number of amides is 2. The Balaban J connectivity index is 0.00000338. The topological polar surface area (TPSA) is 97.4 Å². The monoisotopic (exact) mass is 391 g/mol. The molecule has 0 saturated heterocycles. The second-order valence-electron chi connectivity index (χ2n) is 5.28. The molecule has 0 radical (unpaired) electrons. The summed E-state index contributed by atoms with van der Waals surface area (Å²) in [6.07, 6.45) is -3.26.